The average Bonchev–Trinajstić information content (AvgIpc) is 2.73. The van der Waals surface area contributed by atoms with Gasteiger partial charge >= 0.3 is 0 Å². The van der Waals surface area contributed by atoms with Gasteiger partial charge in [0.25, 0.3) is 5.91 Å². The number of piperidine rings is 1. The summed E-state index contributed by atoms with van der Waals surface area (Å²) in [5.41, 5.74) is 2.52. The van der Waals surface area contributed by atoms with E-state index in [0.717, 1.165) is 25.0 Å². The minimum absolute atomic E-state index is 0.0361. The Morgan fingerprint density at radius 3 is 2.52 bits per heavy atom. The number of carbonyl (C=O) groups excluding carboxylic acids is 2. The van der Waals surface area contributed by atoms with Crippen molar-refractivity contribution in [1.29, 1.82) is 0 Å². The zero-order chi connectivity index (χ0) is 15.7. The summed E-state index contributed by atoms with van der Waals surface area (Å²) in [7, 11) is 0. The second-order valence-corrected chi connectivity index (χ2v) is 5.98. The van der Waals surface area contributed by atoms with Crippen molar-refractivity contribution in [2.24, 2.45) is 0 Å². The predicted molar refractivity (Wildman–Crippen MR) is 80.6 cm³/mol. The van der Waals surface area contributed by atoms with E-state index in [0.29, 0.717) is 23.4 Å². The third kappa shape index (κ3) is 2.88. The fraction of sp³-hybridized carbons (Fsp3) is 0.625. The van der Waals surface area contributed by atoms with E-state index in [1.165, 1.54) is 6.92 Å². The van der Waals surface area contributed by atoms with Crippen molar-refractivity contribution < 1.29 is 14.7 Å². The average molecular weight is 292 g/mol. The van der Waals surface area contributed by atoms with Crippen molar-refractivity contribution in [3.05, 3.63) is 22.5 Å². The van der Waals surface area contributed by atoms with Crippen molar-refractivity contribution in [2.75, 3.05) is 6.54 Å². The van der Waals surface area contributed by atoms with Gasteiger partial charge in [-0.3, -0.25) is 9.59 Å². The van der Waals surface area contributed by atoms with Crippen LogP contribution in [0, 0.1) is 13.8 Å². The lowest BCUT2D eigenvalue weighted by atomic mass is 9.97. The molecule has 1 aliphatic rings. The summed E-state index contributed by atoms with van der Waals surface area (Å²) in [5, 5.41) is 9.90. The van der Waals surface area contributed by atoms with E-state index >= 15 is 0 Å². The molecule has 2 atom stereocenters. The molecule has 5 heteroatoms. The summed E-state index contributed by atoms with van der Waals surface area (Å²) >= 11 is 0. The van der Waals surface area contributed by atoms with Crippen LogP contribution in [0.25, 0.3) is 0 Å². The van der Waals surface area contributed by atoms with Gasteiger partial charge in [0, 0.05) is 17.8 Å². The van der Waals surface area contributed by atoms with Crippen LogP contribution < -0.4 is 0 Å². The number of hydrogen-bond donors (Lipinski definition) is 2. The molecule has 1 saturated heterocycles. The highest BCUT2D eigenvalue weighted by Crippen LogP contribution is 2.25. The van der Waals surface area contributed by atoms with E-state index < -0.39 is 6.10 Å². The topological polar surface area (TPSA) is 73.4 Å². The van der Waals surface area contributed by atoms with Crippen LogP contribution in [0.5, 0.6) is 0 Å². The van der Waals surface area contributed by atoms with Crippen LogP contribution in [-0.4, -0.2) is 45.4 Å². The molecule has 0 radical (unpaired) electrons. The number of aliphatic hydroxyl groups is 1. The molecule has 2 unspecified atom stereocenters. The molecule has 0 spiro atoms. The monoisotopic (exact) mass is 292 g/mol. The third-order valence-corrected chi connectivity index (χ3v) is 4.37. The molecule has 1 amide bonds. The number of rotatable bonds is 3. The highest BCUT2D eigenvalue weighted by Gasteiger charge is 2.32. The normalized spacial score (nSPS) is 20.4. The number of nitrogens with one attached hydrogen (secondary N) is 1. The minimum Gasteiger partial charge on any atom is -0.391 e. The van der Waals surface area contributed by atoms with Crippen molar-refractivity contribution in [3.63, 3.8) is 0 Å². The van der Waals surface area contributed by atoms with E-state index in [9.17, 15) is 14.7 Å². The highest BCUT2D eigenvalue weighted by atomic mass is 16.3. The van der Waals surface area contributed by atoms with E-state index in [1.54, 1.807) is 18.7 Å². The maximum Gasteiger partial charge on any atom is 0.270 e. The molecule has 116 valence electrons. The maximum atomic E-state index is 12.8. The molecular weight excluding hydrogens is 268 g/mol. The number of H-pyrrole nitrogens is 1. The fourth-order valence-corrected chi connectivity index (χ4v) is 3.35. The smallest absolute Gasteiger partial charge is 0.270 e. The number of aryl methyl sites for hydroxylation is 1. The molecule has 1 fully saturated rings. The Bertz CT molecular complexity index is 560. The summed E-state index contributed by atoms with van der Waals surface area (Å²) in [5.74, 6) is -0.153. The van der Waals surface area contributed by atoms with Gasteiger partial charge < -0.3 is 15.0 Å². The Hall–Kier alpha value is -1.62. The molecule has 2 heterocycles. The van der Waals surface area contributed by atoms with Gasteiger partial charge in [-0.25, -0.2) is 0 Å². The molecule has 0 bridgehead atoms. The number of likely N-dealkylation sites (tertiary alicyclic amines) is 1. The Morgan fingerprint density at radius 2 is 2.00 bits per heavy atom. The van der Waals surface area contributed by atoms with Crippen LogP contribution in [0.15, 0.2) is 0 Å². The number of hydrogen-bond acceptors (Lipinski definition) is 3. The molecule has 1 aromatic heterocycles. The Labute approximate surface area is 125 Å². The molecule has 2 rings (SSSR count). The van der Waals surface area contributed by atoms with Gasteiger partial charge in [-0.1, -0.05) is 0 Å². The minimum atomic E-state index is -0.544. The van der Waals surface area contributed by atoms with E-state index in [2.05, 4.69) is 4.98 Å². The highest BCUT2D eigenvalue weighted by molar-refractivity contribution is 6.02. The SMILES string of the molecule is CC(=O)c1c(C)[nH]c(C(=O)N2CCCCC2C(C)O)c1C. The molecule has 2 N–H and O–H groups in total. The van der Waals surface area contributed by atoms with Crippen LogP contribution in [0.3, 0.4) is 0 Å². The molecular formula is C16H24N2O3. The summed E-state index contributed by atoms with van der Waals surface area (Å²) in [6.45, 7) is 7.50. The summed E-state index contributed by atoms with van der Waals surface area (Å²) < 4.78 is 0. The van der Waals surface area contributed by atoms with Gasteiger partial charge in [0.15, 0.2) is 5.78 Å². The molecule has 0 saturated carbocycles. The first kappa shape index (κ1) is 15.8. The lowest BCUT2D eigenvalue weighted by Gasteiger charge is -2.37. The lowest BCUT2D eigenvalue weighted by molar-refractivity contribution is 0.0276. The van der Waals surface area contributed by atoms with E-state index in [4.69, 9.17) is 0 Å². The van der Waals surface area contributed by atoms with Gasteiger partial charge in [0.1, 0.15) is 5.69 Å². The quantitative estimate of drug-likeness (QED) is 0.839. The van der Waals surface area contributed by atoms with Gasteiger partial charge in [0.2, 0.25) is 0 Å². The van der Waals surface area contributed by atoms with Gasteiger partial charge in [-0.15, -0.1) is 0 Å². The van der Waals surface area contributed by atoms with Crippen LogP contribution in [-0.2, 0) is 0 Å². The van der Waals surface area contributed by atoms with Crippen LogP contribution >= 0.6 is 0 Å². The fourth-order valence-electron chi connectivity index (χ4n) is 3.35. The first-order valence-electron chi connectivity index (χ1n) is 7.53. The third-order valence-electron chi connectivity index (χ3n) is 4.37. The predicted octanol–water partition coefficient (Wildman–Crippen LogP) is 2.21. The van der Waals surface area contributed by atoms with Crippen molar-refractivity contribution >= 4 is 11.7 Å². The summed E-state index contributed by atoms with van der Waals surface area (Å²) in [6.07, 6.45) is 2.26. The number of ketones is 1. The number of aromatic nitrogens is 1. The van der Waals surface area contributed by atoms with Crippen molar-refractivity contribution in [3.8, 4) is 0 Å². The number of carbonyl (C=O) groups is 2. The van der Waals surface area contributed by atoms with E-state index in [-0.39, 0.29) is 17.7 Å². The first-order chi connectivity index (χ1) is 9.84. The lowest BCUT2D eigenvalue weighted by Crippen LogP contribution is -2.49. The summed E-state index contributed by atoms with van der Waals surface area (Å²) in [4.78, 5) is 29.3. The summed E-state index contributed by atoms with van der Waals surface area (Å²) in [6, 6.07) is -0.143. The van der Waals surface area contributed by atoms with Gasteiger partial charge in [-0.05, 0) is 52.5 Å². The molecule has 0 aromatic carbocycles. The zero-order valence-electron chi connectivity index (χ0n) is 13.2. The number of aliphatic hydroxyl groups excluding tert-OH is 1. The van der Waals surface area contributed by atoms with E-state index in [1.807, 2.05) is 6.92 Å². The molecule has 21 heavy (non-hydrogen) atoms. The van der Waals surface area contributed by atoms with Crippen molar-refractivity contribution in [2.45, 2.75) is 59.1 Å². The number of Topliss-reactive ketones (excluding diaryl/α,β-unsaturated/α-hetero) is 1. The largest absolute Gasteiger partial charge is 0.391 e. The van der Waals surface area contributed by atoms with Crippen molar-refractivity contribution in [1.82, 2.24) is 9.88 Å². The molecule has 1 aromatic rings. The number of amides is 1. The zero-order valence-corrected chi connectivity index (χ0v) is 13.2. The maximum absolute atomic E-state index is 12.8. The molecule has 1 aliphatic heterocycles. The standard InChI is InChI=1S/C16H24N2O3/c1-9-14(12(4)20)10(2)17-15(9)16(21)18-8-6-5-7-13(18)11(3)19/h11,13,17,19H,5-8H2,1-4H3. The Balaban J connectivity index is 2.35. The molecule has 5 nitrogen and oxygen atoms in total. The van der Waals surface area contributed by atoms with Crippen LogP contribution in [0.2, 0.25) is 0 Å². The number of aromatic amines is 1. The van der Waals surface area contributed by atoms with Crippen LogP contribution in [0.4, 0.5) is 0 Å². The molecule has 0 aliphatic carbocycles. The Morgan fingerprint density at radius 1 is 1.33 bits per heavy atom. The second kappa shape index (κ2) is 6.02. The van der Waals surface area contributed by atoms with Gasteiger partial charge in [-0.2, -0.15) is 0 Å². The van der Waals surface area contributed by atoms with Crippen LogP contribution in [0.1, 0.15) is 65.2 Å². The number of nitrogens with zero attached hydrogens (tertiary/aromatic N) is 1. The van der Waals surface area contributed by atoms with Gasteiger partial charge in [0.05, 0.1) is 12.1 Å². The Kier molecular flexibility index (Phi) is 4.52. The second-order valence-electron chi connectivity index (χ2n) is 5.98. The first-order valence-corrected chi connectivity index (χ1v) is 7.53.